The molecule has 14 heavy (non-hydrogen) atoms. The highest BCUT2D eigenvalue weighted by molar-refractivity contribution is 7.94. The molecule has 3 nitrogen and oxygen atoms in total. The third kappa shape index (κ3) is 4.00. The molecule has 0 radical (unpaired) electrons. The van der Waals surface area contributed by atoms with Crippen LogP contribution in [0.3, 0.4) is 0 Å². The molecular weight excluding hydrogens is 200 g/mol. The van der Waals surface area contributed by atoms with E-state index < -0.39 is 0 Å². The van der Waals surface area contributed by atoms with E-state index in [1.807, 2.05) is 24.3 Å². The lowest BCUT2D eigenvalue weighted by Gasteiger charge is -2.03. The summed E-state index contributed by atoms with van der Waals surface area (Å²) < 4.78 is 15.2. The van der Waals surface area contributed by atoms with Gasteiger partial charge in [-0.2, -0.15) is 0 Å². The zero-order chi connectivity index (χ0) is 10.2. The molecule has 0 atom stereocenters. The van der Waals surface area contributed by atoms with Gasteiger partial charge in [-0.15, -0.1) is 0 Å². The summed E-state index contributed by atoms with van der Waals surface area (Å²) in [5.74, 6) is 0.853. The first-order valence-electron chi connectivity index (χ1n) is 4.29. The molecule has 1 rings (SSSR count). The largest absolute Gasteiger partial charge is 0.497 e. The quantitative estimate of drug-likeness (QED) is 0.536. The highest BCUT2D eigenvalue weighted by atomic mass is 32.2. The minimum Gasteiger partial charge on any atom is -0.497 e. The standard InChI is InChI=1S/C10H14O3S/c1-11-7-8-13-14-10-5-3-9(12-2)4-6-10/h3-6H,7-8H2,1-2H3. The molecule has 0 fully saturated rings. The van der Waals surface area contributed by atoms with E-state index in [9.17, 15) is 0 Å². The Balaban J connectivity index is 2.29. The second-order valence-electron chi connectivity index (χ2n) is 2.57. The fourth-order valence-electron chi connectivity index (χ4n) is 0.858. The minimum absolute atomic E-state index is 0.590. The summed E-state index contributed by atoms with van der Waals surface area (Å²) in [6.07, 6.45) is 0. The molecule has 0 saturated carbocycles. The third-order valence-electron chi connectivity index (χ3n) is 1.59. The van der Waals surface area contributed by atoms with Gasteiger partial charge in [0.1, 0.15) is 5.75 Å². The van der Waals surface area contributed by atoms with Gasteiger partial charge in [0.05, 0.1) is 20.3 Å². The summed E-state index contributed by atoms with van der Waals surface area (Å²) in [7, 11) is 3.30. The second-order valence-corrected chi connectivity index (χ2v) is 3.45. The number of hydrogen-bond acceptors (Lipinski definition) is 4. The van der Waals surface area contributed by atoms with E-state index in [0.29, 0.717) is 13.2 Å². The van der Waals surface area contributed by atoms with Crippen molar-refractivity contribution in [2.24, 2.45) is 0 Å². The lowest BCUT2D eigenvalue weighted by atomic mass is 10.3. The maximum Gasteiger partial charge on any atom is 0.118 e. The van der Waals surface area contributed by atoms with E-state index in [1.165, 1.54) is 12.0 Å². The fourth-order valence-corrected chi connectivity index (χ4v) is 1.39. The molecule has 0 spiro atoms. The predicted octanol–water partition coefficient (Wildman–Crippen LogP) is 2.37. The minimum atomic E-state index is 0.590. The Morgan fingerprint density at radius 3 is 2.36 bits per heavy atom. The van der Waals surface area contributed by atoms with Crippen molar-refractivity contribution in [2.75, 3.05) is 27.4 Å². The Labute approximate surface area is 88.6 Å². The van der Waals surface area contributed by atoms with Crippen molar-refractivity contribution < 1.29 is 13.7 Å². The van der Waals surface area contributed by atoms with Crippen LogP contribution in [0.25, 0.3) is 0 Å². The Morgan fingerprint density at radius 1 is 1.07 bits per heavy atom. The van der Waals surface area contributed by atoms with Gasteiger partial charge in [0.25, 0.3) is 0 Å². The molecule has 0 N–H and O–H groups in total. The molecule has 0 bridgehead atoms. The third-order valence-corrected chi connectivity index (χ3v) is 2.33. The van der Waals surface area contributed by atoms with E-state index >= 15 is 0 Å². The van der Waals surface area contributed by atoms with Crippen molar-refractivity contribution in [3.63, 3.8) is 0 Å². The van der Waals surface area contributed by atoms with Crippen LogP contribution < -0.4 is 4.74 Å². The first-order valence-corrected chi connectivity index (χ1v) is 5.03. The van der Waals surface area contributed by atoms with Crippen molar-refractivity contribution >= 4 is 12.0 Å². The van der Waals surface area contributed by atoms with Crippen LogP contribution in [0.4, 0.5) is 0 Å². The van der Waals surface area contributed by atoms with Gasteiger partial charge in [0.15, 0.2) is 0 Å². The molecule has 0 aliphatic carbocycles. The van der Waals surface area contributed by atoms with Crippen molar-refractivity contribution in [3.05, 3.63) is 24.3 Å². The summed E-state index contributed by atoms with van der Waals surface area (Å²) in [6.45, 7) is 1.20. The molecule has 1 aromatic carbocycles. The van der Waals surface area contributed by atoms with Crippen molar-refractivity contribution in [1.29, 1.82) is 0 Å². The smallest absolute Gasteiger partial charge is 0.118 e. The average Bonchev–Trinajstić information content (AvgIpc) is 2.25. The SMILES string of the molecule is COCCOSc1ccc(OC)cc1. The molecule has 0 aromatic heterocycles. The van der Waals surface area contributed by atoms with E-state index in [2.05, 4.69) is 0 Å². The number of rotatable bonds is 6. The highest BCUT2D eigenvalue weighted by Gasteiger charge is 1.95. The Hall–Kier alpha value is -0.710. The Kier molecular flexibility index (Phi) is 5.44. The van der Waals surface area contributed by atoms with Crippen LogP contribution in [0, 0.1) is 0 Å². The molecule has 0 aliphatic rings. The average molecular weight is 214 g/mol. The Bertz CT molecular complexity index is 248. The van der Waals surface area contributed by atoms with Crippen LogP contribution >= 0.6 is 12.0 Å². The molecule has 78 valence electrons. The highest BCUT2D eigenvalue weighted by Crippen LogP contribution is 2.21. The van der Waals surface area contributed by atoms with E-state index in [4.69, 9.17) is 13.7 Å². The molecular formula is C10H14O3S. The molecule has 0 saturated heterocycles. The second kappa shape index (κ2) is 6.70. The van der Waals surface area contributed by atoms with Crippen molar-refractivity contribution in [2.45, 2.75) is 4.90 Å². The van der Waals surface area contributed by atoms with Crippen LogP contribution in [-0.4, -0.2) is 27.4 Å². The molecule has 0 heterocycles. The molecule has 4 heteroatoms. The number of hydrogen-bond donors (Lipinski definition) is 0. The lowest BCUT2D eigenvalue weighted by molar-refractivity contribution is 0.157. The number of ether oxygens (including phenoxy) is 2. The van der Waals surface area contributed by atoms with Crippen LogP contribution in [0.1, 0.15) is 0 Å². The summed E-state index contributed by atoms with van der Waals surface area (Å²) in [5.41, 5.74) is 0. The zero-order valence-electron chi connectivity index (χ0n) is 8.36. The summed E-state index contributed by atoms with van der Waals surface area (Å²) >= 11 is 1.34. The van der Waals surface area contributed by atoms with E-state index in [-0.39, 0.29) is 0 Å². The monoisotopic (exact) mass is 214 g/mol. The predicted molar refractivity (Wildman–Crippen MR) is 56.7 cm³/mol. The fraction of sp³-hybridized carbons (Fsp3) is 0.400. The van der Waals surface area contributed by atoms with Gasteiger partial charge >= 0.3 is 0 Å². The molecule has 0 aliphatic heterocycles. The van der Waals surface area contributed by atoms with Crippen LogP contribution in [-0.2, 0) is 8.92 Å². The molecule has 0 amide bonds. The van der Waals surface area contributed by atoms with Gasteiger partial charge < -0.3 is 13.7 Å². The lowest BCUT2D eigenvalue weighted by Crippen LogP contribution is -1.96. The first kappa shape index (κ1) is 11.4. The van der Waals surface area contributed by atoms with Gasteiger partial charge in [0, 0.05) is 24.0 Å². The van der Waals surface area contributed by atoms with E-state index in [0.717, 1.165) is 10.6 Å². The van der Waals surface area contributed by atoms with Crippen LogP contribution in [0.15, 0.2) is 29.2 Å². The van der Waals surface area contributed by atoms with Crippen molar-refractivity contribution in [1.82, 2.24) is 0 Å². The number of methoxy groups -OCH3 is 2. The maximum atomic E-state index is 5.28. The van der Waals surface area contributed by atoms with Gasteiger partial charge in [-0.3, -0.25) is 0 Å². The van der Waals surface area contributed by atoms with Crippen molar-refractivity contribution in [3.8, 4) is 5.75 Å². The van der Waals surface area contributed by atoms with Crippen LogP contribution in [0.5, 0.6) is 5.75 Å². The molecule has 0 unspecified atom stereocenters. The van der Waals surface area contributed by atoms with Gasteiger partial charge in [-0.1, -0.05) is 0 Å². The van der Waals surface area contributed by atoms with Crippen LogP contribution in [0.2, 0.25) is 0 Å². The van der Waals surface area contributed by atoms with Gasteiger partial charge in [-0.25, -0.2) is 0 Å². The normalized spacial score (nSPS) is 10.1. The maximum absolute atomic E-state index is 5.28. The Morgan fingerprint density at radius 2 is 1.79 bits per heavy atom. The van der Waals surface area contributed by atoms with Gasteiger partial charge in [-0.05, 0) is 24.3 Å². The number of benzene rings is 1. The van der Waals surface area contributed by atoms with E-state index in [1.54, 1.807) is 14.2 Å². The molecule has 1 aromatic rings. The summed E-state index contributed by atoms with van der Waals surface area (Å²) in [4.78, 5) is 1.06. The topological polar surface area (TPSA) is 27.7 Å². The first-order chi connectivity index (χ1) is 6.86. The zero-order valence-corrected chi connectivity index (χ0v) is 9.17. The summed E-state index contributed by atoms with van der Waals surface area (Å²) in [5, 5.41) is 0. The van der Waals surface area contributed by atoms with Gasteiger partial charge in [0.2, 0.25) is 0 Å². The summed E-state index contributed by atoms with van der Waals surface area (Å²) in [6, 6.07) is 7.72.